The molecular formula is C23H20N2O2. The highest BCUT2D eigenvalue weighted by Gasteiger charge is 2.34. The summed E-state index contributed by atoms with van der Waals surface area (Å²) in [5, 5.41) is 2.87. The van der Waals surface area contributed by atoms with Crippen LogP contribution in [0.5, 0.6) is 0 Å². The van der Waals surface area contributed by atoms with E-state index >= 15 is 0 Å². The first-order valence-electron chi connectivity index (χ1n) is 9.03. The molecule has 1 N–H and O–H groups in total. The zero-order chi connectivity index (χ0) is 18.6. The second-order valence-corrected chi connectivity index (χ2v) is 6.55. The number of carbonyl (C=O) groups excluding carboxylic acids is 2. The van der Waals surface area contributed by atoms with E-state index in [-0.39, 0.29) is 11.8 Å². The summed E-state index contributed by atoms with van der Waals surface area (Å²) in [5.41, 5.74) is 3.46. The number of hydrogen-bond donors (Lipinski definition) is 1. The summed E-state index contributed by atoms with van der Waals surface area (Å²) < 4.78 is 0. The second kappa shape index (κ2) is 7.46. The molecule has 1 aliphatic heterocycles. The van der Waals surface area contributed by atoms with Gasteiger partial charge in [-0.3, -0.25) is 9.59 Å². The first-order chi connectivity index (χ1) is 13.2. The quantitative estimate of drug-likeness (QED) is 0.778. The van der Waals surface area contributed by atoms with Gasteiger partial charge < -0.3 is 10.2 Å². The number of carbonyl (C=O) groups is 2. The van der Waals surface area contributed by atoms with E-state index in [0.717, 1.165) is 16.7 Å². The third kappa shape index (κ3) is 3.47. The van der Waals surface area contributed by atoms with E-state index in [2.05, 4.69) is 5.32 Å². The van der Waals surface area contributed by atoms with Crippen molar-refractivity contribution < 1.29 is 9.59 Å². The Hall–Kier alpha value is -3.40. The molecule has 3 aromatic carbocycles. The summed E-state index contributed by atoms with van der Waals surface area (Å²) in [6.45, 7) is 0.950. The van der Waals surface area contributed by atoms with Crippen LogP contribution in [0.4, 0.5) is 0 Å². The third-order valence-electron chi connectivity index (χ3n) is 4.80. The largest absolute Gasteiger partial charge is 0.352 e. The average molecular weight is 356 g/mol. The van der Waals surface area contributed by atoms with Gasteiger partial charge in [0, 0.05) is 18.7 Å². The van der Waals surface area contributed by atoms with Crippen LogP contribution in [0.25, 0.3) is 11.1 Å². The molecule has 0 spiro atoms. The van der Waals surface area contributed by atoms with Gasteiger partial charge in [0.15, 0.2) is 0 Å². The van der Waals surface area contributed by atoms with Crippen LogP contribution in [0.1, 0.15) is 22.0 Å². The molecule has 27 heavy (non-hydrogen) atoms. The first-order valence-corrected chi connectivity index (χ1v) is 9.03. The summed E-state index contributed by atoms with van der Waals surface area (Å²) >= 11 is 0. The molecule has 1 unspecified atom stereocenters. The van der Waals surface area contributed by atoms with Crippen LogP contribution in [0, 0.1) is 0 Å². The third-order valence-corrected chi connectivity index (χ3v) is 4.80. The van der Waals surface area contributed by atoms with Gasteiger partial charge in [0.05, 0.1) is 0 Å². The molecule has 1 fully saturated rings. The number of amides is 2. The highest BCUT2D eigenvalue weighted by molar-refractivity contribution is 5.99. The van der Waals surface area contributed by atoms with Crippen molar-refractivity contribution in [3.63, 3.8) is 0 Å². The van der Waals surface area contributed by atoms with Crippen LogP contribution >= 0.6 is 0 Å². The lowest BCUT2D eigenvalue weighted by Crippen LogP contribution is -2.52. The molecule has 4 nitrogen and oxygen atoms in total. The van der Waals surface area contributed by atoms with E-state index in [1.165, 1.54) is 0 Å². The molecule has 0 bridgehead atoms. The van der Waals surface area contributed by atoms with Crippen molar-refractivity contribution in [1.82, 2.24) is 10.2 Å². The van der Waals surface area contributed by atoms with E-state index in [1.807, 2.05) is 84.9 Å². The van der Waals surface area contributed by atoms with Gasteiger partial charge in [-0.05, 0) is 28.8 Å². The molecule has 1 heterocycles. The fraction of sp³-hybridized carbons (Fsp3) is 0.130. The Morgan fingerprint density at radius 1 is 0.852 bits per heavy atom. The van der Waals surface area contributed by atoms with Gasteiger partial charge in [-0.25, -0.2) is 0 Å². The molecule has 134 valence electrons. The SMILES string of the molecule is O=C1NCCN(C(=O)c2cccc(-c3ccccc3)c2)C1c1ccccc1. The average Bonchev–Trinajstić information content (AvgIpc) is 2.74. The van der Waals surface area contributed by atoms with Crippen molar-refractivity contribution in [2.24, 2.45) is 0 Å². The first kappa shape index (κ1) is 17.0. The molecule has 4 rings (SSSR count). The topological polar surface area (TPSA) is 49.4 Å². The summed E-state index contributed by atoms with van der Waals surface area (Å²) in [6.07, 6.45) is 0. The number of nitrogens with zero attached hydrogens (tertiary/aromatic N) is 1. The standard InChI is InChI=1S/C23H20N2O2/c26-22-21(18-10-5-2-6-11-18)25(15-14-24-22)23(27)20-13-7-12-19(16-20)17-8-3-1-4-9-17/h1-13,16,21H,14-15H2,(H,24,26). The molecule has 3 aromatic rings. The number of benzene rings is 3. The maximum Gasteiger partial charge on any atom is 0.254 e. The lowest BCUT2D eigenvalue weighted by atomic mass is 9.99. The fourth-order valence-electron chi connectivity index (χ4n) is 3.48. The van der Waals surface area contributed by atoms with Gasteiger partial charge in [0.25, 0.3) is 5.91 Å². The van der Waals surface area contributed by atoms with E-state index in [1.54, 1.807) is 4.90 Å². The zero-order valence-corrected chi connectivity index (χ0v) is 14.8. The van der Waals surface area contributed by atoms with Crippen LogP contribution in [-0.2, 0) is 4.79 Å². The Morgan fingerprint density at radius 2 is 1.52 bits per heavy atom. The number of piperazine rings is 1. The number of hydrogen-bond acceptors (Lipinski definition) is 2. The van der Waals surface area contributed by atoms with Crippen molar-refractivity contribution in [2.75, 3.05) is 13.1 Å². The molecular weight excluding hydrogens is 336 g/mol. The molecule has 0 aliphatic carbocycles. The summed E-state index contributed by atoms with van der Waals surface area (Å²) in [7, 11) is 0. The van der Waals surface area contributed by atoms with Gasteiger partial charge in [-0.1, -0.05) is 72.8 Å². The van der Waals surface area contributed by atoms with Crippen molar-refractivity contribution in [3.8, 4) is 11.1 Å². The molecule has 1 saturated heterocycles. The second-order valence-electron chi connectivity index (χ2n) is 6.55. The van der Waals surface area contributed by atoms with E-state index < -0.39 is 6.04 Å². The van der Waals surface area contributed by atoms with Crippen LogP contribution in [0.15, 0.2) is 84.9 Å². The Kier molecular flexibility index (Phi) is 4.71. The Labute approximate surface area is 158 Å². The van der Waals surface area contributed by atoms with E-state index in [0.29, 0.717) is 18.7 Å². The minimum atomic E-state index is -0.604. The molecule has 1 aliphatic rings. The Bertz CT molecular complexity index is 954. The lowest BCUT2D eigenvalue weighted by molar-refractivity contribution is -0.128. The molecule has 4 heteroatoms. The highest BCUT2D eigenvalue weighted by atomic mass is 16.2. The maximum absolute atomic E-state index is 13.3. The van der Waals surface area contributed by atoms with Crippen molar-refractivity contribution >= 4 is 11.8 Å². The lowest BCUT2D eigenvalue weighted by Gasteiger charge is -2.35. The molecule has 1 atom stereocenters. The Morgan fingerprint density at radius 3 is 2.26 bits per heavy atom. The highest BCUT2D eigenvalue weighted by Crippen LogP contribution is 2.27. The van der Waals surface area contributed by atoms with E-state index in [9.17, 15) is 9.59 Å². The van der Waals surface area contributed by atoms with Gasteiger partial charge in [-0.2, -0.15) is 0 Å². The summed E-state index contributed by atoms with van der Waals surface area (Å²) in [6, 6.07) is 26.4. The molecule has 0 saturated carbocycles. The van der Waals surface area contributed by atoms with Crippen molar-refractivity contribution in [3.05, 3.63) is 96.1 Å². The molecule has 0 aromatic heterocycles. The fourth-order valence-corrected chi connectivity index (χ4v) is 3.48. The van der Waals surface area contributed by atoms with Crippen LogP contribution in [0.3, 0.4) is 0 Å². The normalized spacial score (nSPS) is 16.7. The Balaban J connectivity index is 1.68. The maximum atomic E-state index is 13.3. The minimum absolute atomic E-state index is 0.128. The van der Waals surface area contributed by atoms with Crippen LogP contribution < -0.4 is 5.32 Å². The summed E-state index contributed by atoms with van der Waals surface area (Å²) in [4.78, 5) is 27.4. The van der Waals surface area contributed by atoms with Crippen molar-refractivity contribution in [1.29, 1.82) is 0 Å². The van der Waals surface area contributed by atoms with E-state index in [4.69, 9.17) is 0 Å². The van der Waals surface area contributed by atoms with Gasteiger partial charge in [0.1, 0.15) is 6.04 Å². The molecule has 2 amide bonds. The predicted octanol–water partition coefficient (Wildman–Crippen LogP) is 3.67. The van der Waals surface area contributed by atoms with Gasteiger partial charge in [-0.15, -0.1) is 0 Å². The smallest absolute Gasteiger partial charge is 0.254 e. The van der Waals surface area contributed by atoms with Gasteiger partial charge in [0.2, 0.25) is 5.91 Å². The van der Waals surface area contributed by atoms with Crippen LogP contribution in [0.2, 0.25) is 0 Å². The summed E-state index contributed by atoms with van der Waals surface area (Å²) in [5.74, 6) is -0.267. The molecule has 0 radical (unpaired) electrons. The van der Waals surface area contributed by atoms with Gasteiger partial charge >= 0.3 is 0 Å². The van der Waals surface area contributed by atoms with Crippen molar-refractivity contribution in [2.45, 2.75) is 6.04 Å². The minimum Gasteiger partial charge on any atom is -0.352 e. The predicted molar refractivity (Wildman–Crippen MR) is 105 cm³/mol. The number of rotatable bonds is 3. The monoisotopic (exact) mass is 356 g/mol. The number of nitrogens with one attached hydrogen (secondary N) is 1. The van der Waals surface area contributed by atoms with Crippen LogP contribution in [-0.4, -0.2) is 29.8 Å². The zero-order valence-electron chi connectivity index (χ0n) is 14.8.